The van der Waals surface area contributed by atoms with Gasteiger partial charge in [0.2, 0.25) is 5.91 Å². The first kappa shape index (κ1) is 22.9. The summed E-state index contributed by atoms with van der Waals surface area (Å²) in [6, 6.07) is 15.1. The molecule has 7 nitrogen and oxygen atoms in total. The van der Waals surface area contributed by atoms with E-state index in [4.69, 9.17) is 19.7 Å². The Morgan fingerprint density at radius 2 is 2.06 bits per heavy atom. The van der Waals surface area contributed by atoms with Crippen LogP contribution >= 0.6 is 11.3 Å². The van der Waals surface area contributed by atoms with Crippen molar-refractivity contribution in [2.45, 2.75) is 38.5 Å². The average molecular weight is 487 g/mol. The third kappa shape index (κ3) is 4.86. The number of fused-ring (bicyclic) bond motifs is 2. The van der Waals surface area contributed by atoms with Crippen molar-refractivity contribution < 1.29 is 14.3 Å². The number of aryl methyl sites for hydroxylation is 1. The highest BCUT2D eigenvalue weighted by molar-refractivity contribution is 7.17. The van der Waals surface area contributed by atoms with Gasteiger partial charge in [0, 0.05) is 17.4 Å². The summed E-state index contributed by atoms with van der Waals surface area (Å²) in [6.45, 7) is 0.368. The number of rotatable bonds is 8. The van der Waals surface area contributed by atoms with E-state index in [1.807, 2.05) is 24.3 Å². The van der Waals surface area contributed by atoms with Gasteiger partial charge in [0.25, 0.3) is 0 Å². The number of nitrogens with zero attached hydrogens (tertiary/aromatic N) is 2. The molecule has 0 aliphatic heterocycles. The van der Waals surface area contributed by atoms with Crippen LogP contribution in [-0.4, -0.2) is 29.6 Å². The Morgan fingerprint density at radius 3 is 2.89 bits per heavy atom. The molecule has 35 heavy (non-hydrogen) atoms. The predicted molar refractivity (Wildman–Crippen MR) is 137 cm³/mol. The summed E-state index contributed by atoms with van der Waals surface area (Å²) in [4.78, 5) is 22.5. The van der Waals surface area contributed by atoms with E-state index in [1.54, 1.807) is 29.5 Å². The average Bonchev–Trinajstić information content (AvgIpc) is 3.47. The predicted octanol–water partition coefficient (Wildman–Crippen LogP) is 5.85. The van der Waals surface area contributed by atoms with E-state index >= 15 is 0 Å². The van der Waals surface area contributed by atoms with Gasteiger partial charge in [-0.1, -0.05) is 12.1 Å². The molecule has 2 aromatic heterocycles. The van der Waals surface area contributed by atoms with Gasteiger partial charge in [-0.25, -0.2) is 4.98 Å². The summed E-state index contributed by atoms with van der Waals surface area (Å²) < 4.78 is 11.1. The van der Waals surface area contributed by atoms with Gasteiger partial charge in [0.1, 0.15) is 10.8 Å². The van der Waals surface area contributed by atoms with Crippen LogP contribution in [0.4, 0.5) is 5.00 Å². The number of anilines is 1. The summed E-state index contributed by atoms with van der Waals surface area (Å²) in [7, 11) is 1.54. The number of ether oxygens (including phenoxy) is 2. The van der Waals surface area contributed by atoms with Crippen LogP contribution in [0.1, 0.15) is 41.7 Å². The number of carbonyl (C=O) groups excluding carboxylic acids is 1. The standard InChI is InChI=1S/C27H26N4O3S/c1-33-22-15-17(16-28)12-13-21(22)34-14-6-11-24(32)31-27-25(18-7-2-5-10-23(18)35-27)26-29-19-8-3-4-9-20(19)30-26/h3-4,8-9,12-13,15H,2,5-7,10-11,14H2,1H3,(H,29,30)(H,31,32). The highest BCUT2D eigenvalue weighted by Crippen LogP contribution is 2.43. The van der Waals surface area contributed by atoms with Gasteiger partial charge >= 0.3 is 0 Å². The first-order chi connectivity index (χ1) is 17.2. The van der Waals surface area contributed by atoms with Crippen molar-refractivity contribution in [1.82, 2.24) is 9.97 Å². The highest BCUT2D eigenvalue weighted by Gasteiger charge is 2.25. The molecule has 5 rings (SSSR count). The van der Waals surface area contributed by atoms with Gasteiger partial charge < -0.3 is 19.8 Å². The van der Waals surface area contributed by atoms with Crippen LogP contribution < -0.4 is 14.8 Å². The van der Waals surface area contributed by atoms with Crippen molar-refractivity contribution in [3.8, 4) is 29.0 Å². The Labute approximate surface area is 207 Å². The van der Waals surface area contributed by atoms with E-state index < -0.39 is 0 Å². The largest absolute Gasteiger partial charge is 0.493 e. The van der Waals surface area contributed by atoms with Gasteiger partial charge in [-0.3, -0.25) is 4.79 Å². The van der Waals surface area contributed by atoms with Crippen LogP contribution in [0.3, 0.4) is 0 Å². The van der Waals surface area contributed by atoms with E-state index in [9.17, 15) is 4.79 Å². The molecule has 0 atom stereocenters. The number of carbonyl (C=O) groups is 1. The third-order valence-corrected chi connectivity index (χ3v) is 7.36. The number of H-pyrrole nitrogens is 1. The van der Waals surface area contributed by atoms with E-state index in [0.717, 1.165) is 46.7 Å². The summed E-state index contributed by atoms with van der Waals surface area (Å²) in [5.41, 5.74) is 4.77. The van der Waals surface area contributed by atoms with E-state index in [1.165, 1.54) is 24.0 Å². The summed E-state index contributed by atoms with van der Waals surface area (Å²) >= 11 is 1.67. The van der Waals surface area contributed by atoms with Gasteiger partial charge in [0.05, 0.1) is 41.9 Å². The number of amides is 1. The third-order valence-electron chi connectivity index (χ3n) is 6.15. The first-order valence-corrected chi connectivity index (χ1v) is 12.6. The molecule has 2 N–H and O–H groups in total. The number of benzene rings is 2. The van der Waals surface area contributed by atoms with Crippen LogP contribution in [0, 0.1) is 11.3 Å². The molecule has 0 unspecified atom stereocenters. The van der Waals surface area contributed by atoms with Gasteiger partial charge in [0.15, 0.2) is 11.5 Å². The van der Waals surface area contributed by atoms with Crippen molar-refractivity contribution in [1.29, 1.82) is 5.26 Å². The molecule has 0 saturated heterocycles. The van der Waals surface area contributed by atoms with Crippen molar-refractivity contribution in [2.75, 3.05) is 19.0 Å². The monoisotopic (exact) mass is 486 g/mol. The fourth-order valence-corrected chi connectivity index (χ4v) is 5.74. The van der Waals surface area contributed by atoms with E-state index in [2.05, 4.69) is 16.4 Å². The topological polar surface area (TPSA) is 100 Å². The lowest BCUT2D eigenvalue weighted by molar-refractivity contribution is -0.116. The second-order valence-corrected chi connectivity index (χ2v) is 9.60. The molecule has 1 amide bonds. The molecule has 0 spiro atoms. The first-order valence-electron chi connectivity index (χ1n) is 11.8. The van der Waals surface area contributed by atoms with Gasteiger partial charge in [-0.15, -0.1) is 11.3 Å². The summed E-state index contributed by atoms with van der Waals surface area (Å²) in [6.07, 6.45) is 5.27. The van der Waals surface area contributed by atoms with Gasteiger partial charge in [-0.2, -0.15) is 5.26 Å². The molecule has 0 saturated carbocycles. The lowest BCUT2D eigenvalue weighted by Gasteiger charge is -2.12. The molecule has 1 aliphatic rings. The SMILES string of the molecule is COc1cc(C#N)ccc1OCCCC(=O)Nc1sc2c(c1-c1nc3ccccc3[nH]1)CCCC2. The van der Waals surface area contributed by atoms with Crippen LogP contribution in [0.5, 0.6) is 11.5 Å². The molecular formula is C27H26N4O3S. The zero-order valence-corrected chi connectivity index (χ0v) is 20.3. The van der Waals surface area contributed by atoms with E-state index in [-0.39, 0.29) is 5.91 Å². The minimum atomic E-state index is -0.0450. The van der Waals surface area contributed by atoms with Crippen molar-refractivity contribution in [3.63, 3.8) is 0 Å². The number of aromatic amines is 1. The van der Waals surface area contributed by atoms with Crippen LogP contribution in [-0.2, 0) is 17.6 Å². The van der Waals surface area contributed by atoms with Crippen molar-refractivity contribution in [2.24, 2.45) is 0 Å². The van der Waals surface area contributed by atoms with Gasteiger partial charge in [-0.05, 0) is 61.9 Å². The second kappa shape index (κ2) is 10.2. The molecule has 4 aromatic rings. The Balaban J connectivity index is 1.27. The Bertz CT molecular complexity index is 1380. The number of nitrogens with one attached hydrogen (secondary N) is 2. The number of aromatic nitrogens is 2. The number of hydrogen-bond acceptors (Lipinski definition) is 6. The molecule has 178 valence electrons. The number of nitriles is 1. The quantitative estimate of drug-likeness (QED) is 0.304. The maximum absolute atomic E-state index is 12.8. The molecule has 8 heteroatoms. The summed E-state index contributed by atoms with van der Waals surface area (Å²) in [5, 5.41) is 13.1. The zero-order chi connectivity index (χ0) is 24.2. The number of para-hydroxylation sites is 2. The molecule has 1 aliphatic carbocycles. The van der Waals surface area contributed by atoms with E-state index in [0.29, 0.717) is 36.5 Å². The number of thiophene rings is 1. The molecule has 0 bridgehead atoms. The molecule has 0 radical (unpaired) electrons. The number of imidazole rings is 1. The Hall–Kier alpha value is -3.83. The fraction of sp³-hybridized carbons (Fsp3) is 0.296. The Morgan fingerprint density at radius 1 is 1.20 bits per heavy atom. The van der Waals surface area contributed by atoms with Crippen LogP contribution in [0.25, 0.3) is 22.4 Å². The lowest BCUT2D eigenvalue weighted by Crippen LogP contribution is -2.13. The lowest BCUT2D eigenvalue weighted by atomic mass is 9.95. The maximum Gasteiger partial charge on any atom is 0.225 e. The fourth-order valence-electron chi connectivity index (χ4n) is 4.44. The van der Waals surface area contributed by atoms with Crippen molar-refractivity contribution in [3.05, 3.63) is 58.5 Å². The molecule has 0 fully saturated rings. The molecule has 2 heterocycles. The smallest absolute Gasteiger partial charge is 0.225 e. The zero-order valence-electron chi connectivity index (χ0n) is 19.5. The normalized spacial score (nSPS) is 12.7. The number of methoxy groups -OCH3 is 1. The molecule has 2 aromatic carbocycles. The highest BCUT2D eigenvalue weighted by atomic mass is 32.1. The Kier molecular flexibility index (Phi) is 6.68. The number of hydrogen-bond donors (Lipinski definition) is 2. The van der Waals surface area contributed by atoms with Crippen molar-refractivity contribution >= 4 is 33.3 Å². The minimum absolute atomic E-state index is 0.0450. The molecular weight excluding hydrogens is 460 g/mol. The van der Waals surface area contributed by atoms with Crippen LogP contribution in [0.2, 0.25) is 0 Å². The maximum atomic E-state index is 12.8. The summed E-state index contributed by atoms with van der Waals surface area (Å²) in [5.74, 6) is 1.84. The second-order valence-electron chi connectivity index (χ2n) is 8.50. The minimum Gasteiger partial charge on any atom is -0.493 e. The van der Waals surface area contributed by atoms with Crippen LogP contribution in [0.15, 0.2) is 42.5 Å².